The SMILES string of the molecule is O=C(Nc1c[nH]c2ccc(CCOc3ccc(C(F)(F)F)cc3)cc12)C1CC(F)C1. The monoisotopic (exact) mass is 420 g/mol. The Kier molecular flexibility index (Phi) is 5.40. The number of rotatable bonds is 6. The first-order valence-electron chi connectivity index (χ1n) is 9.64. The molecule has 1 amide bonds. The second-order valence-corrected chi connectivity index (χ2v) is 7.46. The molecule has 0 unspecified atom stereocenters. The first-order valence-corrected chi connectivity index (χ1v) is 9.64. The lowest BCUT2D eigenvalue weighted by molar-refractivity contribution is -0.137. The van der Waals surface area contributed by atoms with E-state index >= 15 is 0 Å². The Labute approximate surface area is 170 Å². The van der Waals surface area contributed by atoms with Gasteiger partial charge in [0.25, 0.3) is 0 Å². The Bertz CT molecular complexity index is 1040. The van der Waals surface area contributed by atoms with Gasteiger partial charge in [-0.2, -0.15) is 13.2 Å². The van der Waals surface area contributed by atoms with Crippen LogP contribution in [0.1, 0.15) is 24.0 Å². The van der Waals surface area contributed by atoms with Gasteiger partial charge in [-0.3, -0.25) is 4.79 Å². The number of anilines is 1. The summed E-state index contributed by atoms with van der Waals surface area (Å²) in [6.45, 7) is 0.295. The Morgan fingerprint density at radius 3 is 2.53 bits per heavy atom. The van der Waals surface area contributed by atoms with Gasteiger partial charge in [-0.25, -0.2) is 4.39 Å². The first-order chi connectivity index (χ1) is 14.3. The molecule has 1 aliphatic rings. The molecule has 1 aromatic heterocycles. The molecular formula is C22H20F4N2O2. The van der Waals surface area contributed by atoms with Crippen molar-refractivity contribution in [3.8, 4) is 5.75 Å². The predicted octanol–water partition coefficient (Wildman–Crippen LogP) is 5.49. The maximum absolute atomic E-state index is 13.0. The van der Waals surface area contributed by atoms with Crippen molar-refractivity contribution in [1.82, 2.24) is 4.98 Å². The summed E-state index contributed by atoms with van der Waals surface area (Å²) in [5.41, 5.74) is 1.74. The average molecular weight is 420 g/mol. The van der Waals surface area contributed by atoms with Crippen LogP contribution in [0.25, 0.3) is 10.9 Å². The van der Waals surface area contributed by atoms with Crippen molar-refractivity contribution in [3.63, 3.8) is 0 Å². The highest BCUT2D eigenvalue weighted by Crippen LogP contribution is 2.33. The largest absolute Gasteiger partial charge is 0.493 e. The van der Waals surface area contributed by atoms with Crippen molar-refractivity contribution in [2.45, 2.75) is 31.6 Å². The van der Waals surface area contributed by atoms with Crippen LogP contribution in [0.3, 0.4) is 0 Å². The normalized spacial score (nSPS) is 18.8. The number of halogens is 4. The molecule has 1 aliphatic carbocycles. The highest BCUT2D eigenvalue weighted by molar-refractivity contribution is 6.02. The molecule has 2 N–H and O–H groups in total. The van der Waals surface area contributed by atoms with Gasteiger partial charge in [0.05, 0.1) is 17.9 Å². The highest BCUT2D eigenvalue weighted by Gasteiger charge is 2.34. The first kappa shape index (κ1) is 20.3. The number of carbonyl (C=O) groups is 1. The van der Waals surface area contributed by atoms with Crippen molar-refractivity contribution >= 4 is 22.5 Å². The van der Waals surface area contributed by atoms with Crippen LogP contribution in [0.4, 0.5) is 23.2 Å². The summed E-state index contributed by atoms with van der Waals surface area (Å²) in [6, 6.07) is 10.3. The molecule has 1 heterocycles. The number of nitrogens with one attached hydrogen (secondary N) is 2. The Balaban J connectivity index is 1.37. The molecule has 0 aliphatic heterocycles. The molecule has 4 nitrogen and oxygen atoms in total. The molecule has 1 saturated carbocycles. The number of aromatic nitrogens is 1. The third kappa shape index (κ3) is 4.42. The molecule has 0 saturated heterocycles. The minimum absolute atomic E-state index is 0.180. The summed E-state index contributed by atoms with van der Waals surface area (Å²) in [5.74, 6) is -0.101. The second kappa shape index (κ2) is 8.01. The number of fused-ring (bicyclic) bond motifs is 1. The summed E-state index contributed by atoms with van der Waals surface area (Å²) in [7, 11) is 0. The van der Waals surface area contributed by atoms with Gasteiger partial charge in [-0.1, -0.05) is 6.07 Å². The zero-order valence-electron chi connectivity index (χ0n) is 15.9. The zero-order chi connectivity index (χ0) is 21.3. The lowest BCUT2D eigenvalue weighted by atomic mass is 9.83. The molecule has 0 spiro atoms. The summed E-state index contributed by atoms with van der Waals surface area (Å²) in [4.78, 5) is 15.3. The molecule has 4 rings (SSSR count). The van der Waals surface area contributed by atoms with Gasteiger partial charge in [0.2, 0.25) is 5.91 Å². The Morgan fingerprint density at radius 1 is 1.13 bits per heavy atom. The topological polar surface area (TPSA) is 54.1 Å². The van der Waals surface area contributed by atoms with Gasteiger partial charge in [-0.15, -0.1) is 0 Å². The van der Waals surface area contributed by atoms with Crippen LogP contribution < -0.4 is 10.1 Å². The van der Waals surface area contributed by atoms with Gasteiger partial charge in [-0.05, 0) is 54.8 Å². The predicted molar refractivity (Wildman–Crippen MR) is 105 cm³/mol. The standard InChI is InChI=1S/C22H20F4N2O2/c23-16-10-14(11-16)21(29)28-20-12-27-19-6-1-13(9-18(19)20)7-8-30-17-4-2-15(3-5-17)22(24,25)26/h1-6,9,12,14,16,27H,7-8,10-11H2,(H,28,29). The number of amides is 1. The maximum Gasteiger partial charge on any atom is 0.416 e. The van der Waals surface area contributed by atoms with E-state index in [0.29, 0.717) is 24.5 Å². The zero-order valence-corrected chi connectivity index (χ0v) is 15.9. The number of aromatic amines is 1. The van der Waals surface area contributed by atoms with E-state index in [1.807, 2.05) is 18.2 Å². The fraction of sp³-hybridized carbons (Fsp3) is 0.318. The van der Waals surface area contributed by atoms with Gasteiger partial charge in [0.15, 0.2) is 0 Å². The van der Waals surface area contributed by atoms with Crippen molar-refractivity contribution in [1.29, 1.82) is 0 Å². The molecule has 30 heavy (non-hydrogen) atoms. The smallest absolute Gasteiger partial charge is 0.416 e. The molecular weight excluding hydrogens is 400 g/mol. The number of carbonyl (C=O) groups excluding carboxylic acids is 1. The fourth-order valence-corrected chi connectivity index (χ4v) is 3.45. The van der Waals surface area contributed by atoms with E-state index in [0.717, 1.165) is 28.6 Å². The Morgan fingerprint density at radius 2 is 1.87 bits per heavy atom. The van der Waals surface area contributed by atoms with Gasteiger partial charge < -0.3 is 15.0 Å². The van der Waals surface area contributed by atoms with Crippen molar-refractivity contribution in [3.05, 3.63) is 59.8 Å². The third-order valence-electron chi connectivity index (χ3n) is 5.30. The minimum atomic E-state index is -4.37. The summed E-state index contributed by atoms with van der Waals surface area (Å²) in [6.07, 6.45) is -2.48. The molecule has 2 aromatic carbocycles. The van der Waals surface area contributed by atoms with E-state index in [-0.39, 0.29) is 24.7 Å². The lowest BCUT2D eigenvalue weighted by Gasteiger charge is -2.28. The number of benzene rings is 2. The molecule has 158 valence electrons. The molecule has 3 aromatic rings. The summed E-state index contributed by atoms with van der Waals surface area (Å²) < 4.78 is 56.3. The quantitative estimate of drug-likeness (QED) is 0.518. The van der Waals surface area contributed by atoms with E-state index in [2.05, 4.69) is 10.3 Å². The molecule has 0 bridgehead atoms. The second-order valence-electron chi connectivity index (χ2n) is 7.46. The molecule has 1 fully saturated rings. The van der Waals surface area contributed by atoms with Gasteiger partial charge in [0.1, 0.15) is 11.9 Å². The van der Waals surface area contributed by atoms with E-state index < -0.39 is 17.9 Å². The highest BCUT2D eigenvalue weighted by atomic mass is 19.4. The lowest BCUT2D eigenvalue weighted by Crippen LogP contribution is -2.35. The van der Waals surface area contributed by atoms with Crippen LogP contribution in [0.2, 0.25) is 0 Å². The summed E-state index contributed by atoms with van der Waals surface area (Å²) in [5, 5.41) is 3.69. The third-order valence-corrected chi connectivity index (χ3v) is 5.30. The van der Waals surface area contributed by atoms with Crippen LogP contribution in [0, 0.1) is 5.92 Å². The molecule has 8 heteroatoms. The fourth-order valence-electron chi connectivity index (χ4n) is 3.45. The average Bonchev–Trinajstić information content (AvgIpc) is 3.07. The van der Waals surface area contributed by atoms with E-state index in [1.54, 1.807) is 6.20 Å². The van der Waals surface area contributed by atoms with E-state index in [1.165, 1.54) is 12.1 Å². The summed E-state index contributed by atoms with van der Waals surface area (Å²) >= 11 is 0. The van der Waals surface area contributed by atoms with Gasteiger partial charge in [0, 0.05) is 29.4 Å². The van der Waals surface area contributed by atoms with E-state index in [4.69, 9.17) is 4.74 Å². The molecule has 0 atom stereocenters. The van der Waals surface area contributed by atoms with Crippen LogP contribution in [0.5, 0.6) is 5.75 Å². The number of alkyl halides is 4. The van der Waals surface area contributed by atoms with Crippen LogP contribution in [0.15, 0.2) is 48.7 Å². The number of ether oxygens (including phenoxy) is 1. The number of hydrogen-bond acceptors (Lipinski definition) is 2. The van der Waals surface area contributed by atoms with Crippen LogP contribution in [-0.2, 0) is 17.4 Å². The Hall–Kier alpha value is -3.03. The number of H-pyrrole nitrogens is 1. The van der Waals surface area contributed by atoms with Gasteiger partial charge >= 0.3 is 6.18 Å². The van der Waals surface area contributed by atoms with Crippen molar-refractivity contribution in [2.24, 2.45) is 5.92 Å². The van der Waals surface area contributed by atoms with Crippen molar-refractivity contribution in [2.75, 3.05) is 11.9 Å². The molecule has 0 radical (unpaired) electrons. The van der Waals surface area contributed by atoms with Crippen LogP contribution in [-0.4, -0.2) is 23.7 Å². The number of hydrogen-bond donors (Lipinski definition) is 2. The maximum atomic E-state index is 13.0. The van der Waals surface area contributed by atoms with Crippen molar-refractivity contribution < 1.29 is 27.1 Å². The minimum Gasteiger partial charge on any atom is -0.493 e. The van der Waals surface area contributed by atoms with E-state index in [9.17, 15) is 22.4 Å². The van der Waals surface area contributed by atoms with Crippen LogP contribution >= 0.6 is 0 Å².